The predicted molar refractivity (Wildman–Crippen MR) is 62.0 cm³/mol. The molecule has 3 nitrogen and oxygen atoms in total. The molecule has 0 spiro atoms. The summed E-state index contributed by atoms with van der Waals surface area (Å²) in [6, 6.07) is 1.83. The molecule has 1 aromatic heterocycles. The first-order valence-electron chi connectivity index (χ1n) is 5.32. The van der Waals surface area contributed by atoms with Crippen LogP contribution in [-0.4, -0.2) is 16.6 Å². The van der Waals surface area contributed by atoms with Crippen molar-refractivity contribution in [3.05, 3.63) is 16.5 Å². The molecule has 0 saturated heterocycles. The monoisotopic (exact) mass is 270 g/mol. The number of hydrogen-bond donors (Lipinski definition) is 0. The Hall–Kier alpha value is -0.640. The summed E-state index contributed by atoms with van der Waals surface area (Å²) >= 11 is 3.37. The van der Waals surface area contributed by atoms with Gasteiger partial charge in [0.25, 0.3) is 0 Å². The summed E-state index contributed by atoms with van der Waals surface area (Å²) in [5.41, 5.74) is 0. The van der Waals surface area contributed by atoms with E-state index in [9.17, 15) is 0 Å². The van der Waals surface area contributed by atoms with Gasteiger partial charge in [-0.2, -0.15) is 4.98 Å². The van der Waals surface area contributed by atoms with Gasteiger partial charge in [0.1, 0.15) is 10.4 Å². The first kappa shape index (κ1) is 10.9. The SMILES string of the molecule is CC(C)c1nc(Br)cc(OCC2CC2)n1. The quantitative estimate of drug-likeness (QED) is 0.789. The molecule has 1 aliphatic carbocycles. The lowest BCUT2D eigenvalue weighted by atomic mass is 10.2. The van der Waals surface area contributed by atoms with Crippen LogP contribution in [0, 0.1) is 5.92 Å². The Kier molecular flexibility index (Phi) is 3.24. The topological polar surface area (TPSA) is 35.0 Å². The van der Waals surface area contributed by atoms with E-state index in [0.717, 1.165) is 23.0 Å². The van der Waals surface area contributed by atoms with Crippen molar-refractivity contribution in [2.24, 2.45) is 5.92 Å². The lowest BCUT2D eigenvalue weighted by molar-refractivity contribution is 0.286. The Morgan fingerprint density at radius 3 is 2.80 bits per heavy atom. The number of ether oxygens (including phenoxy) is 1. The molecular weight excluding hydrogens is 256 g/mol. The third kappa shape index (κ3) is 3.16. The standard InChI is InChI=1S/C11H15BrN2O/c1-7(2)11-13-9(12)5-10(14-11)15-6-8-3-4-8/h5,7-8H,3-4,6H2,1-2H3. The van der Waals surface area contributed by atoms with Crippen LogP contribution in [0.3, 0.4) is 0 Å². The van der Waals surface area contributed by atoms with Crippen molar-refractivity contribution in [3.8, 4) is 5.88 Å². The smallest absolute Gasteiger partial charge is 0.217 e. The van der Waals surface area contributed by atoms with E-state index in [1.54, 1.807) is 0 Å². The van der Waals surface area contributed by atoms with E-state index in [-0.39, 0.29) is 0 Å². The first-order valence-corrected chi connectivity index (χ1v) is 6.11. The van der Waals surface area contributed by atoms with E-state index >= 15 is 0 Å². The molecule has 0 radical (unpaired) electrons. The van der Waals surface area contributed by atoms with Crippen molar-refractivity contribution >= 4 is 15.9 Å². The van der Waals surface area contributed by atoms with Gasteiger partial charge in [0.15, 0.2) is 0 Å². The van der Waals surface area contributed by atoms with E-state index < -0.39 is 0 Å². The minimum atomic E-state index is 0.325. The van der Waals surface area contributed by atoms with Gasteiger partial charge in [0.05, 0.1) is 6.61 Å². The molecule has 1 aromatic rings. The molecule has 0 atom stereocenters. The molecule has 15 heavy (non-hydrogen) atoms. The third-order valence-corrected chi connectivity index (χ3v) is 2.78. The van der Waals surface area contributed by atoms with Crippen molar-refractivity contribution in [2.75, 3.05) is 6.61 Å². The average molecular weight is 271 g/mol. The van der Waals surface area contributed by atoms with Gasteiger partial charge >= 0.3 is 0 Å². The van der Waals surface area contributed by atoms with Gasteiger partial charge in [-0.1, -0.05) is 13.8 Å². The summed E-state index contributed by atoms with van der Waals surface area (Å²) in [5, 5.41) is 0. The molecule has 0 amide bonds. The maximum atomic E-state index is 5.62. The number of hydrogen-bond acceptors (Lipinski definition) is 3. The summed E-state index contributed by atoms with van der Waals surface area (Å²) in [6.07, 6.45) is 2.59. The second-order valence-corrected chi connectivity index (χ2v) is 5.11. The summed E-state index contributed by atoms with van der Waals surface area (Å²) < 4.78 is 6.42. The van der Waals surface area contributed by atoms with Crippen LogP contribution in [0.15, 0.2) is 10.7 Å². The van der Waals surface area contributed by atoms with Crippen LogP contribution < -0.4 is 4.74 Å². The van der Waals surface area contributed by atoms with E-state index in [0.29, 0.717) is 11.8 Å². The zero-order chi connectivity index (χ0) is 10.8. The molecule has 1 fully saturated rings. The summed E-state index contributed by atoms with van der Waals surface area (Å²) in [4.78, 5) is 8.67. The van der Waals surface area contributed by atoms with Crippen molar-refractivity contribution in [3.63, 3.8) is 0 Å². The minimum absolute atomic E-state index is 0.325. The maximum absolute atomic E-state index is 5.62. The van der Waals surface area contributed by atoms with E-state index in [2.05, 4.69) is 39.7 Å². The van der Waals surface area contributed by atoms with Gasteiger partial charge in [0, 0.05) is 12.0 Å². The van der Waals surface area contributed by atoms with Crippen molar-refractivity contribution in [1.29, 1.82) is 0 Å². The van der Waals surface area contributed by atoms with Gasteiger partial charge in [-0.05, 0) is 34.7 Å². The zero-order valence-electron chi connectivity index (χ0n) is 9.03. The molecule has 4 heteroatoms. The fraction of sp³-hybridized carbons (Fsp3) is 0.636. The molecule has 1 aliphatic rings. The van der Waals surface area contributed by atoms with E-state index in [1.807, 2.05) is 6.07 Å². The maximum Gasteiger partial charge on any atom is 0.217 e. The fourth-order valence-electron chi connectivity index (χ4n) is 1.23. The van der Waals surface area contributed by atoms with Crippen molar-refractivity contribution in [1.82, 2.24) is 9.97 Å². The highest BCUT2D eigenvalue weighted by Crippen LogP contribution is 2.29. The summed E-state index contributed by atoms with van der Waals surface area (Å²) in [6.45, 7) is 4.94. The highest BCUT2D eigenvalue weighted by atomic mass is 79.9. The Bertz CT molecular complexity index is 350. The van der Waals surface area contributed by atoms with Gasteiger partial charge in [-0.3, -0.25) is 0 Å². The second kappa shape index (κ2) is 4.47. The molecule has 0 aliphatic heterocycles. The molecule has 0 unspecified atom stereocenters. The van der Waals surface area contributed by atoms with Crippen LogP contribution in [0.4, 0.5) is 0 Å². The third-order valence-electron chi connectivity index (χ3n) is 2.37. The number of halogens is 1. The van der Waals surface area contributed by atoms with E-state index in [4.69, 9.17) is 4.74 Å². The Labute approximate surface area is 98.4 Å². The highest BCUT2D eigenvalue weighted by molar-refractivity contribution is 9.10. The van der Waals surface area contributed by atoms with Crippen molar-refractivity contribution in [2.45, 2.75) is 32.6 Å². The normalized spacial score (nSPS) is 15.7. The second-order valence-electron chi connectivity index (χ2n) is 4.30. The van der Waals surface area contributed by atoms with Gasteiger partial charge in [-0.15, -0.1) is 0 Å². The largest absolute Gasteiger partial charge is 0.477 e. The lowest BCUT2D eigenvalue weighted by Crippen LogP contribution is -2.04. The molecule has 2 rings (SSSR count). The predicted octanol–water partition coefficient (Wildman–Crippen LogP) is 3.15. The molecule has 1 heterocycles. The molecule has 1 saturated carbocycles. The molecular formula is C11H15BrN2O. The highest BCUT2D eigenvalue weighted by Gasteiger charge is 2.22. The van der Waals surface area contributed by atoms with Crippen LogP contribution >= 0.6 is 15.9 Å². The Morgan fingerprint density at radius 1 is 1.47 bits per heavy atom. The van der Waals surface area contributed by atoms with Crippen LogP contribution in [0.2, 0.25) is 0 Å². The first-order chi connectivity index (χ1) is 7.15. The number of aromatic nitrogens is 2. The van der Waals surface area contributed by atoms with E-state index in [1.165, 1.54) is 12.8 Å². The summed E-state index contributed by atoms with van der Waals surface area (Å²) in [7, 11) is 0. The summed E-state index contributed by atoms with van der Waals surface area (Å²) in [5.74, 6) is 2.59. The molecule has 0 aromatic carbocycles. The Morgan fingerprint density at radius 2 is 2.20 bits per heavy atom. The molecule has 0 bridgehead atoms. The van der Waals surface area contributed by atoms with Gasteiger partial charge < -0.3 is 4.74 Å². The lowest BCUT2D eigenvalue weighted by Gasteiger charge is -2.08. The Balaban J connectivity index is 2.07. The van der Waals surface area contributed by atoms with Crippen molar-refractivity contribution < 1.29 is 4.74 Å². The van der Waals surface area contributed by atoms with Crippen LogP contribution in [-0.2, 0) is 0 Å². The minimum Gasteiger partial charge on any atom is -0.477 e. The van der Waals surface area contributed by atoms with Crippen LogP contribution in [0.5, 0.6) is 5.88 Å². The van der Waals surface area contributed by atoms with Crippen LogP contribution in [0.25, 0.3) is 0 Å². The van der Waals surface area contributed by atoms with Gasteiger partial charge in [0.2, 0.25) is 5.88 Å². The number of nitrogens with zero attached hydrogens (tertiary/aromatic N) is 2. The zero-order valence-corrected chi connectivity index (χ0v) is 10.6. The number of rotatable bonds is 4. The molecule has 82 valence electrons. The van der Waals surface area contributed by atoms with Crippen LogP contribution in [0.1, 0.15) is 38.4 Å². The fourth-order valence-corrected chi connectivity index (χ4v) is 1.61. The average Bonchev–Trinajstić information content (AvgIpc) is 2.97. The molecule has 0 N–H and O–H groups in total. The van der Waals surface area contributed by atoms with Gasteiger partial charge in [-0.25, -0.2) is 4.98 Å².